The highest BCUT2D eigenvalue weighted by Crippen LogP contribution is 2.29. The number of benzene rings is 1. The van der Waals surface area contributed by atoms with Crippen LogP contribution in [0.2, 0.25) is 0 Å². The minimum absolute atomic E-state index is 0.0601. The molecule has 0 aliphatic carbocycles. The lowest BCUT2D eigenvalue weighted by atomic mass is 9.93. The van der Waals surface area contributed by atoms with Crippen LogP contribution in [0.1, 0.15) is 26.8 Å². The first-order chi connectivity index (χ1) is 11.2. The second kappa shape index (κ2) is 6.93. The van der Waals surface area contributed by atoms with Crippen LogP contribution in [0, 0.1) is 0 Å². The molecule has 23 heavy (non-hydrogen) atoms. The van der Waals surface area contributed by atoms with Crippen molar-refractivity contribution in [2.24, 2.45) is 0 Å². The molecule has 0 fully saturated rings. The Morgan fingerprint density at radius 1 is 1.26 bits per heavy atom. The third kappa shape index (κ3) is 3.28. The summed E-state index contributed by atoms with van der Waals surface area (Å²) in [6.45, 7) is 0.368. The molecular formula is C17H18N2O3S. The number of rotatable bonds is 4. The predicted octanol–water partition coefficient (Wildman–Crippen LogP) is 1.60. The topological polar surface area (TPSA) is 69.6 Å². The van der Waals surface area contributed by atoms with Gasteiger partial charge in [0.2, 0.25) is 5.91 Å². The van der Waals surface area contributed by atoms with Gasteiger partial charge in [-0.05, 0) is 29.0 Å². The first-order valence-electron chi connectivity index (χ1n) is 7.50. The van der Waals surface area contributed by atoms with Crippen molar-refractivity contribution >= 4 is 23.2 Å². The number of amides is 2. The van der Waals surface area contributed by atoms with Gasteiger partial charge in [0.15, 0.2) is 0 Å². The molecule has 0 bridgehead atoms. The largest absolute Gasteiger partial charge is 0.394 e. The van der Waals surface area contributed by atoms with E-state index in [1.165, 1.54) is 16.9 Å². The molecule has 2 aromatic rings. The van der Waals surface area contributed by atoms with Crippen LogP contribution >= 0.6 is 11.3 Å². The number of fused-ring (bicyclic) bond motifs is 1. The van der Waals surface area contributed by atoms with Crippen molar-refractivity contribution < 1.29 is 14.7 Å². The fourth-order valence-corrected chi connectivity index (χ4v) is 3.54. The van der Waals surface area contributed by atoms with Crippen molar-refractivity contribution in [2.45, 2.75) is 12.5 Å². The number of hydrogen-bond acceptors (Lipinski definition) is 4. The first kappa shape index (κ1) is 15.7. The number of thiophene rings is 1. The molecule has 0 saturated carbocycles. The van der Waals surface area contributed by atoms with E-state index in [4.69, 9.17) is 0 Å². The Morgan fingerprint density at radius 3 is 2.83 bits per heavy atom. The molecule has 5 nitrogen and oxygen atoms in total. The molecule has 1 atom stereocenters. The molecule has 1 aliphatic heterocycles. The Balaban J connectivity index is 1.66. The Hall–Kier alpha value is -2.18. The van der Waals surface area contributed by atoms with Gasteiger partial charge in [-0.15, -0.1) is 11.3 Å². The molecule has 1 aliphatic rings. The highest BCUT2D eigenvalue weighted by Gasteiger charge is 2.30. The molecule has 1 aromatic carbocycles. The quantitative estimate of drug-likeness (QED) is 0.894. The molecule has 3 rings (SSSR count). The molecule has 2 amide bonds. The van der Waals surface area contributed by atoms with Gasteiger partial charge in [-0.25, -0.2) is 0 Å². The van der Waals surface area contributed by atoms with Crippen molar-refractivity contribution in [3.63, 3.8) is 0 Å². The van der Waals surface area contributed by atoms with Crippen molar-refractivity contribution in [1.82, 2.24) is 10.2 Å². The number of aliphatic hydroxyl groups excluding tert-OH is 1. The van der Waals surface area contributed by atoms with Gasteiger partial charge in [0.05, 0.1) is 24.1 Å². The van der Waals surface area contributed by atoms with Gasteiger partial charge < -0.3 is 15.3 Å². The Bertz CT molecular complexity index is 700. The number of carbonyl (C=O) groups is 2. The molecule has 1 unspecified atom stereocenters. The Kier molecular flexibility index (Phi) is 4.73. The highest BCUT2D eigenvalue weighted by molar-refractivity contribution is 7.12. The van der Waals surface area contributed by atoms with Gasteiger partial charge in [0.25, 0.3) is 5.91 Å². The van der Waals surface area contributed by atoms with E-state index in [1.807, 2.05) is 29.6 Å². The summed E-state index contributed by atoms with van der Waals surface area (Å²) >= 11 is 1.34. The summed E-state index contributed by atoms with van der Waals surface area (Å²) in [5.41, 5.74) is 2.15. The zero-order valence-electron chi connectivity index (χ0n) is 12.6. The van der Waals surface area contributed by atoms with E-state index in [2.05, 4.69) is 5.32 Å². The van der Waals surface area contributed by atoms with Crippen molar-refractivity contribution in [1.29, 1.82) is 0 Å². The lowest BCUT2D eigenvalue weighted by molar-refractivity contribution is -0.134. The zero-order chi connectivity index (χ0) is 16.2. The maximum absolute atomic E-state index is 12.5. The van der Waals surface area contributed by atoms with Crippen LogP contribution in [0.3, 0.4) is 0 Å². The average molecular weight is 330 g/mol. The van der Waals surface area contributed by atoms with Gasteiger partial charge >= 0.3 is 0 Å². The van der Waals surface area contributed by atoms with Gasteiger partial charge in [-0.1, -0.05) is 30.3 Å². The van der Waals surface area contributed by atoms with Crippen LogP contribution in [0.25, 0.3) is 0 Å². The molecule has 0 saturated heterocycles. The summed E-state index contributed by atoms with van der Waals surface area (Å²) in [6, 6.07) is 11.0. The maximum atomic E-state index is 12.5. The third-order valence-electron chi connectivity index (χ3n) is 4.05. The van der Waals surface area contributed by atoms with Crippen LogP contribution in [0.5, 0.6) is 0 Å². The predicted molar refractivity (Wildman–Crippen MR) is 88.3 cm³/mol. The van der Waals surface area contributed by atoms with Crippen LogP contribution in [-0.4, -0.2) is 41.5 Å². The Morgan fingerprint density at radius 2 is 2.09 bits per heavy atom. The highest BCUT2D eigenvalue weighted by atomic mass is 32.1. The van der Waals surface area contributed by atoms with Gasteiger partial charge in [-0.3, -0.25) is 9.59 Å². The summed E-state index contributed by atoms with van der Waals surface area (Å²) < 4.78 is 0. The standard InChI is InChI=1S/C17H18N2O3S/c20-11-14-13-5-2-1-4-12(13)7-8-19(14)16(21)10-18-17(22)15-6-3-9-23-15/h1-6,9,14,20H,7-8,10-11H2,(H,18,22). The second-order valence-electron chi connectivity index (χ2n) is 5.39. The van der Waals surface area contributed by atoms with Gasteiger partial charge in [0, 0.05) is 6.54 Å². The number of nitrogens with one attached hydrogen (secondary N) is 1. The van der Waals surface area contributed by atoms with Crippen molar-refractivity contribution in [3.8, 4) is 0 Å². The van der Waals surface area contributed by atoms with Crippen LogP contribution in [0.4, 0.5) is 0 Å². The SMILES string of the molecule is O=C(NCC(=O)N1CCc2ccccc2C1CO)c1cccs1. The normalized spacial score (nSPS) is 16.7. The van der Waals surface area contributed by atoms with Crippen LogP contribution < -0.4 is 5.32 Å². The number of nitrogens with zero attached hydrogens (tertiary/aromatic N) is 1. The smallest absolute Gasteiger partial charge is 0.261 e. The minimum atomic E-state index is -0.342. The molecule has 6 heteroatoms. The summed E-state index contributed by atoms with van der Waals surface area (Å²) in [7, 11) is 0. The number of aliphatic hydroxyl groups is 1. The third-order valence-corrected chi connectivity index (χ3v) is 4.92. The molecule has 1 aromatic heterocycles. The summed E-state index contributed by atoms with van der Waals surface area (Å²) in [4.78, 5) is 26.6. The minimum Gasteiger partial charge on any atom is -0.394 e. The fourth-order valence-electron chi connectivity index (χ4n) is 2.90. The molecule has 2 heterocycles. The molecule has 0 spiro atoms. The molecular weight excluding hydrogens is 312 g/mol. The van der Waals surface area contributed by atoms with Crippen LogP contribution in [0.15, 0.2) is 41.8 Å². The van der Waals surface area contributed by atoms with E-state index in [9.17, 15) is 14.7 Å². The Labute approximate surface area is 138 Å². The molecule has 120 valence electrons. The molecule has 2 N–H and O–H groups in total. The summed E-state index contributed by atoms with van der Waals surface area (Å²) in [6.07, 6.45) is 0.761. The second-order valence-corrected chi connectivity index (χ2v) is 6.34. The average Bonchev–Trinajstić information content (AvgIpc) is 3.13. The number of hydrogen-bond donors (Lipinski definition) is 2. The van der Waals surface area contributed by atoms with Crippen LogP contribution in [-0.2, 0) is 11.2 Å². The van der Waals surface area contributed by atoms with Gasteiger partial charge in [0.1, 0.15) is 0 Å². The van der Waals surface area contributed by atoms with Crippen molar-refractivity contribution in [3.05, 3.63) is 57.8 Å². The summed E-state index contributed by atoms with van der Waals surface area (Å²) in [5.74, 6) is -0.422. The van der Waals surface area contributed by atoms with E-state index in [0.717, 1.165) is 12.0 Å². The lowest BCUT2D eigenvalue weighted by Gasteiger charge is -2.36. The fraction of sp³-hybridized carbons (Fsp3) is 0.294. The van der Waals surface area contributed by atoms with E-state index in [-0.39, 0.29) is 31.0 Å². The van der Waals surface area contributed by atoms with Gasteiger partial charge in [-0.2, -0.15) is 0 Å². The van der Waals surface area contributed by atoms with E-state index >= 15 is 0 Å². The zero-order valence-corrected chi connectivity index (χ0v) is 13.4. The monoisotopic (exact) mass is 330 g/mol. The summed E-state index contributed by atoms with van der Waals surface area (Å²) in [5, 5.41) is 14.2. The van der Waals surface area contributed by atoms with Crippen molar-refractivity contribution in [2.75, 3.05) is 19.7 Å². The lowest BCUT2D eigenvalue weighted by Crippen LogP contribution is -2.46. The van der Waals surface area contributed by atoms with E-state index < -0.39 is 0 Å². The number of carbonyl (C=O) groups excluding carboxylic acids is 2. The maximum Gasteiger partial charge on any atom is 0.261 e. The van der Waals surface area contributed by atoms with E-state index in [0.29, 0.717) is 11.4 Å². The molecule has 0 radical (unpaired) electrons. The van der Waals surface area contributed by atoms with E-state index in [1.54, 1.807) is 17.0 Å². The first-order valence-corrected chi connectivity index (χ1v) is 8.38.